The van der Waals surface area contributed by atoms with Gasteiger partial charge in [-0.3, -0.25) is 0 Å². The first kappa shape index (κ1) is 14.1. The molecule has 1 nitrogen and oxygen atoms in total. The Kier molecular flexibility index (Phi) is 7.53. The Morgan fingerprint density at radius 1 is 1.00 bits per heavy atom. The molecular weight excluding hydrogens is 208 g/mol. The van der Waals surface area contributed by atoms with E-state index in [2.05, 4.69) is 38.5 Å². The lowest BCUT2D eigenvalue weighted by Crippen LogP contribution is -1.99. The van der Waals surface area contributed by atoms with E-state index in [0.717, 1.165) is 25.2 Å². The summed E-state index contributed by atoms with van der Waals surface area (Å²) >= 11 is 0. The Morgan fingerprint density at radius 2 is 1.76 bits per heavy atom. The van der Waals surface area contributed by atoms with Crippen LogP contribution in [0.25, 0.3) is 0 Å². The molecule has 0 fully saturated rings. The summed E-state index contributed by atoms with van der Waals surface area (Å²) in [6, 6.07) is 8.34. The summed E-state index contributed by atoms with van der Waals surface area (Å²) in [4.78, 5) is 0. The highest BCUT2D eigenvalue weighted by Gasteiger charge is 2.02. The zero-order valence-electron chi connectivity index (χ0n) is 11.2. The molecule has 0 aromatic heterocycles. The number of benzene rings is 1. The molecule has 0 aliphatic rings. The first-order valence-electron chi connectivity index (χ1n) is 6.93. The number of para-hydroxylation sites is 1. The van der Waals surface area contributed by atoms with Gasteiger partial charge in [-0.2, -0.15) is 0 Å². The van der Waals surface area contributed by atoms with Crippen LogP contribution in [0.1, 0.15) is 57.9 Å². The van der Waals surface area contributed by atoms with Gasteiger partial charge in [0.15, 0.2) is 0 Å². The Morgan fingerprint density at radius 3 is 2.53 bits per heavy atom. The van der Waals surface area contributed by atoms with E-state index in [0.29, 0.717) is 0 Å². The number of hydrogen-bond acceptors (Lipinski definition) is 1. The summed E-state index contributed by atoms with van der Waals surface area (Å²) in [6.45, 7) is 5.25. The zero-order chi connectivity index (χ0) is 12.3. The van der Waals surface area contributed by atoms with E-state index in [1.165, 1.54) is 31.2 Å². The Hall–Kier alpha value is -0.980. The van der Waals surface area contributed by atoms with Crippen molar-refractivity contribution in [2.45, 2.75) is 52.4 Å². The third-order valence-corrected chi connectivity index (χ3v) is 2.85. The van der Waals surface area contributed by atoms with Gasteiger partial charge in [-0.25, -0.2) is 0 Å². The van der Waals surface area contributed by atoms with Gasteiger partial charge in [0.2, 0.25) is 0 Å². The number of unbranched alkanes of at least 4 members (excludes halogenated alkanes) is 4. The van der Waals surface area contributed by atoms with Gasteiger partial charge in [0.05, 0.1) is 6.61 Å². The fraction of sp³-hybridized carbons (Fsp3) is 0.562. The van der Waals surface area contributed by atoms with E-state index in [-0.39, 0.29) is 0 Å². The molecule has 0 atom stereocenters. The van der Waals surface area contributed by atoms with Crippen molar-refractivity contribution in [2.75, 3.05) is 6.61 Å². The minimum absolute atomic E-state index is 0.830. The van der Waals surface area contributed by atoms with E-state index in [1.807, 2.05) is 6.07 Å². The molecule has 0 spiro atoms. The Balaban J connectivity index is 2.40. The average Bonchev–Trinajstić information content (AvgIpc) is 2.36. The molecule has 1 aromatic carbocycles. The number of ether oxygens (including phenoxy) is 1. The summed E-state index contributed by atoms with van der Waals surface area (Å²) < 4.78 is 5.80. The number of rotatable bonds is 9. The molecule has 0 heterocycles. The Bertz CT molecular complexity index is 293. The third kappa shape index (κ3) is 5.76. The van der Waals surface area contributed by atoms with E-state index in [1.54, 1.807) is 0 Å². The Labute approximate surface area is 106 Å². The van der Waals surface area contributed by atoms with E-state index in [4.69, 9.17) is 4.74 Å². The highest BCUT2D eigenvalue weighted by molar-refractivity contribution is 5.38. The lowest BCUT2D eigenvalue weighted by molar-refractivity contribution is 0.307. The summed E-state index contributed by atoms with van der Waals surface area (Å²) in [6.07, 6.45) is 9.64. The maximum absolute atomic E-state index is 5.80. The average molecular weight is 233 g/mol. The number of hydrogen-bond donors (Lipinski definition) is 0. The van der Waals surface area contributed by atoms with Gasteiger partial charge >= 0.3 is 0 Å². The fourth-order valence-electron chi connectivity index (χ4n) is 1.76. The second kappa shape index (κ2) is 9.09. The van der Waals surface area contributed by atoms with E-state index >= 15 is 0 Å². The molecular formula is C16H25O. The van der Waals surface area contributed by atoms with Crippen LogP contribution in [0.3, 0.4) is 0 Å². The van der Waals surface area contributed by atoms with Gasteiger partial charge in [-0.1, -0.05) is 57.7 Å². The molecule has 0 saturated carbocycles. The van der Waals surface area contributed by atoms with Gasteiger partial charge in [-0.05, 0) is 30.9 Å². The monoisotopic (exact) mass is 233 g/mol. The van der Waals surface area contributed by atoms with Crippen molar-refractivity contribution in [1.29, 1.82) is 0 Å². The molecule has 0 aliphatic heterocycles. The van der Waals surface area contributed by atoms with Crippen LogP contribution >= 0.6 is 0 Å². The van der Waals surface area contributed by atoms with Gasteiger partial charge in [0, 0.05) is 0 Å². The van der Waals surface area contributed by atoms with Gasteiger partial charge < -0.3 is 4.74 Å². The van der Waals surface area contributed by atoms with Gasteiger partial charge in [0.25, 0.3) is 0 Å². The molecule has 1 rings (SSSR count). The molecule has 1 radical (unpaired) electrons. The zero-order valence-corrected chi connectivity index (χ0v) is 11.2. The van der Waals surface area contributed by atoms with Crippen molar-refractivity contribution in [2.24, 2.45) is 0 Å². The van der Waals surface area contributed by atoms with Crippen LogP contribution in [0.2, 0.25) is 0 Å². The van der Waals surface area contributed by atoms with Gasteiger partial charge in [0.1, 0.15) is 5.75 Å². The molecule has 95 valence electrons. The molecule has 0 aliphatic carbocycles. The third-order valence-electron chi connectivity index (χ3n) is 2.85. The lowest BCUT2D eigenvalue weighted by Gasteiger charge is -2.10. The molecule has 0 N–H and O–H groups in total. The largest absolute Gasteiger partial charge is 0.493 e. The summed E-state index contributed by atoms with van der Waals surface area (Å²) in [5, 5.41) is 0. The first-order chi connectivity index (χ1) is 8.38. The summed E-state index contributed by atoms with van der Waals surface area (Å²) in [5.41, 5.74) is 1.25. The predicted molar refractivity (Wildman–Crippen MR) is 74.4 cm³/mol. The van der Waals surface area contributed by atoms with Crippen molar-refractivity contribution in [3.05, 3.63) is 36.2 Å². The van der Waals surface area contributed by atoms with Gasteiger partial charge in [-0.15, -0.1) is 0 Å². The van der Waals surface area contributed by atoms with E-state index in [9.17, 15) is 0 Å². The predicted octanol–water partition coefficient (Wildman–Crippen LogP) is 5.00. The fourth-order valence-corrected chi connectivity index (χ4v) is 1.76. The minimum atomic E-state index is 0.830. The van der Waals surface area contributed by atoms with Crippen LogP contribution in [0.4, 0.5) is 0 Å². The van der Waals surface area contributed by atoms with Crippen molar-refractivity contribution in [1.82, 2.24) is 0 Å². The minimum Gasteiger partial charge on any atom is -0.493 e. The molecule has 17 heavy (non-hydrogen) atoms. The standard InChI is InChI=1S/C16H25O/c1-3-5-7-8-11-15-12-9-10-13-16(15)17-14-6-4-2/h9-13H,3-8,14H2,1-2H3. The summed E-state index contributed by atoms with van der Waals surface area (Å²) in [7, 11) is 0. The molecule has 0 unspecified atom stereocenters. The van der Waals surface area contributed by atoms with Crippen molar-refractivity contribution in [3.63, 3.8) is 0 Å². The lowest BCUT2D eigenvalue weighted by atomic mass is 10.1. The van der Waals surface area contributed by atoms with Crippen LogP contribution in [-0.2, 0) is 0 Å². The van der Waals surface area contributed by atoms with Crippen LogP contribution in [0.15, 0.2) is 24.3 Å². The highest BCUT2D eigenvalue weighted by atomic mass is 16.5. The molecule has 1 heteroatoms. The molecule has 0 bridgehead atoms. The SMILES string of the molecule is CCCCC[CH]c1ccccc1OCCCC. The second-order valence-electron chi connectivity index (χ2n) is 4.44. The normalized spacial score (nSPS) is 10.5. The smallest absolute Gasteiger partial charge is 0.122 e. The summed E-state index contributed by atoms with van der Waals surface area (Å²) in [5.74, 6) is 1.04. The van der Waals surface area contributed by atoms with Crippen LogP contribution in [0.5, 0.6) is 5.75 Å². The van der Waals surface area contributed by atoms with Crippen molar-refractivity contribution >= 4 is 0 Å². The van der Waals surface area contributed by atoms with Crippen LogP contribution < -0.4 is 4.74 Å². The topological polar surface area (TPSA) is 9.23 Å². The quantitative estimate of drug-likeness (QED) is 0.545. The second-order valence-corrected chi connectivity index (χ2v) is 4.44. The first-order valence-corrected chi connectivity index (χ1v) is 6.93. The molecule has 0 saturated heterocycles. The van der Waals surface area contributed by atoms with Crippen molar-refractivity contribution < 1.29 is 4.74 Å². The highest BCUT2D eigenvalue weighted by Crippen LogP contribution is 2.22. The maximum atomic E-state index is 5.80. The molecule has 0 amide bonds. The van der Waals surface area contributed by atoms with E-state index < -0.39 is 0 Å². The van der Waals surface area contributed by atoms with Crippen LogP contribution in [0, 0.1) is 6.42 Å². The van der Waals surface area contributed by atoms with Crippen molar-refractivity contribution in [3.8, 4) is 5.75 Å². The van der Waals surface area contributed by atoms with Crippen LogP contribution in [-0.4, -0.2) is 6.61 Å². The maximum Gasteiger partial charge on any atom is 0.122 e. The molecule has 1 aromatic rings.